The Balaban J connectivity index is 2.26. The van der Waals surface area contributed by atoms with Crippen LogP contribution in [0.3, 0.4) is 0 Å². The lowest BCUT2D eigenvalue weighted by molar-refractivity contribution is 0.626. The lowest BCUT2D eigenvalue weighted by Gasteiger charge is -2.12. The zero-order valence-corrected chi connectivity index (χ0v) is 12.1. The van der Waals surface area contributed by atoms with Gasteiger partial charge in [-0.2, -0.15) is 0 Å². The third-order valence-electron chi connectivity index (χ3n) is 3.04. The third-order valence-corrected chi connectivity index (χ3v) is 4.09. The summed E-state index contributed by atoms with van der Waals surface area (Å²) in [6.07, 6.45) is 0. The molecule has 0 heterocycles. The average molecular weight is 307 g/mol. The zero-order chi connectivity index (χ0) is 13.1. The summed E-state index contributed by atoms with van der Waals surface area (Å²) in [5.41, 5.74) is 3.40. The monoisotopic (exact) mass is 306 g/mol. The lowest BCUT2D eigenvalue weighted by Crippen LogP contribution is -1.94. The maximum atomic E-state index is 13.2. The van der Waals surface area contributed by atoms with Crippen molar-refractivity contribution in [1.29, 1.82) is 0 Å². The predicted molar refractivity (Wildman–Crippen MR) is 77.7 cm³/mol. The van der Waals surface area contributed by atoms with Crippen molar-refractivity contribution in [3.05, 3.63) is 71.0 Å². The van der Waals surface area contributed by atoms with Crippen LogP contribution in [0, 0.1) is 5.82 Å². The Morgan fingerprint density at radius 2 is 1.50 bits per heavy atom. The second kappa shape index (κ2) is 5.66. The van der Waals surface area contributed by atoms with Gasteiger partial charge in [-0.1, -0.05) is 66.2 Å². The van der Waals surface area contributed by atoms with Gasteiger partial charge < -0.3 is 0 Å². The van der Waals surface area contributed by atoms with Gasteiger partial charge in [0.2, 0.25) is 0 Å². The van der Waals surface area contributed by atoms with Crippen LogP contribution in [0.5, 0.6) is 0 Å². The molecule has 2 aromatic carbocycles. The topological polar surface area (TPSA) is 0 Å². The van der Waals surface area contributed by atoms with E-state index in [4.69, 9.17) is 0 Å². The number of hydrogen-bond acceptors (Lipinski definition) is 0. The smallest absolute Gasteiger partial charge is 0.123 e. The summed E-state index contributed by atoms with van der Waals surface area (Å²) in [5.74, 6) is 0.331. The third kappa shape index (κ3) is 2.99. The first kappa shape index (κ1) is 13.3. The molecule has 0 bridgehead atoms. The SMILES string of the molecule is CC(C)c1ccc(C(Br)c2cccc(F)c2)cc1. The van der Waals surface area contributed by atoms with E-state index in [2.05, 4.69) is 54.0 Å². The second-order valence-electron chi connectivity index (χ2n) is 4.74. The van der Waals surface area contributed by atoms with Crippen LogP contribution in [-0.2, 0) is 0 Å². The molecule has 0 saturated heterocycles. The van der Waals surface area contributed by atoms with Crippen LogP contribution in [0.4, 0.5) is 4.39 Å². The molecule has 2 heteroatoms. The molecule has 0 aliphatic rings. The summed E-state index contributed by atoms with van der Waals surface area (Å²) in [7, 11) is 0. The Morgan fingerprint density at radius 3 is 2.06 bits per heavy atom. The second-order valence-corrected chi connectivity index (χ2v) is 5.65. The van der Waals surface area contributed by atoms with Gasteiger partial charge >= 0.3 is 0 Å². The maximum Gasteiger partial charge on any atom is 0.123 e. The fourth-order valence-electron chi connectivity index (χ4n) is 1.91. The van der Waals surface area contributed by atoms with Crippen LogP contribution in [-0.4, -0.2) is 0 Å². The van der Waals surface area contributed by atoms with Gasteiger partial charge in [-0.05, 0) is 34.7 Å². The van der Waals surface area contributed by atoms with Crippen molar-refractivity contribution < 1.29 is 4.39 Å². The Hall–Kier alpha value is -1.15. The minimum atomic E-state index is -0.198. The van der Waals surface area contributed by atoms with E-state index in [1.54, 1.807) is 12.1 Å². The summed E-state index contributed by atoms with van der Waals surface area (Å²) < 4.78 is 13.2. The Morgan fingerprint density at radius 1 is 0.889 bits per heavy atom. The molecular formula is C16H16BrF. The Kier molecular flexibility index (Phi) is 4.18. The summed E-state index contributed by atoms with van der Waals surface area (Å²) in [6, 6.07) is 15.2. The largest absolute Gasteiger partial charge is 0.207 e. The van der Waals surface area contributed by atoms with Gasteiger partial charge in [-0.25, -0.2) is 4.39 Å². The lowest BCUT2D eigenvalue weighted by atomic mass is 9.99. The van der Waals surface area contributed by atoms with Gasteiger partial charge in [0, 0.05) is 0 Å². The molecule has 1 atom stereocenters. The highest BCUT2D eigenvalue weighted by Crippen LogP contribution is 2.31. The molecule has 0 fully saturated rings. The van der Waals surface area contributed by atoms with E-state index in [1.165, 1.54) is 11.6 Å². The fourth-order valence-corrected chi connectivity index (χ4v) is 2.50. The maximum absolute atomic E-state index is 13.2. The van der Waals surface area contributed by atoms with E-state index >= 15 is 0 Å². The standard InChI is InChI=1S/C16H16BrF/c1-11(2)12-6-8-13(9-7-12)16(17)14-4-3-5-15(18)10-14/h3-11,16H,1-2H3. The molecule has 0 aromatic heterocycles. The quantitative estimate of drug-likeness (QED) is 0.663. The summed E-state index contributed by atoms with van der Waals surface area (Å²) in [6.45, 7) is 4.35. The highest BCUT2D eigenvalue weighted by molar-refractivity contribution is 9.09. The first-order valence-electron chi connectivity index (χ1n) is 6.07. The van der Waals surface area contributed by atoms with E-state index in [0.29, 0.717) is 5.92 Å². The molecule has 2 rings (SSSR count). The van der Waals surface area contributed by atoms with Crippen LogP contribution in [0.15, 0.2) is 48.5 Å². The van der Waals surface area contributed by atoms with E-state index in [-0.39, 0.29) is 10.6 Å². The summed E-state index contributed by atoms with van der Waals surface area (Å²) in [5, 5.41) is 0. The van der Waals surface area contributed by atoms with E-state index in [1.807, 2.05) is 6.07 Å². The molecule has 2 aromatic rings. The van der Waals surface area contributed by atoms with Crippen molar-refractivity contribution >= 4 is 15.9 Å². The van der Waals surface area contributed by atoms with Crippen LogP contribution in [0.2, 0.25) is 0 Å². The molecule has 94 valence electrons. The first-order chi connectivity index (χ1) is 8.58. The van der Waals surface area contributed by atoms with Crippen molar-refractivity contribution in [1.82, 2.24) is 0 Å². The molecular weight excluding hydrogens is 291 g/mol. The Bertz CT molecular complexity index is 517. The zero-order valence-electron chi connectivity index (χ0n) is 10.5. The highest BCUT2D eigenvalue weighted by Gasteiger charge is 2.11. The molecule has 0 nitrogen and oxygen atoms in total. The minimum Gasteiger partial charge on any atom is -0.207 e. The van der Waals surface area contributed by atoms with Crippen LogP contribution >= 0.6 is 15.9 Å². The van der Waals surface area contributed by atoms with Crippen LogP contribution in [0.1, 0.15) is 41.3 Å². The van der Waals surface area contributed by atoms with Gasteiger partial charge in [0.15, 0.2) is 0 Å². The summed E-state index contributed by atoms with van der Waals surface area (Å²) in [4.78, 5) is 0.0365. The predicted octanol–water partition coefficient (Wildman–Crippen LogP) is 5.43. The van der Waals surface area contributed by atoms with Gasteiger partial charge in [-0.3, -0.25) is 0 Å². The van der Waals surface area contributed by atoms with Crippen molar-refractivity contribution in [2.75, 3.05) is 0 Å². The van der Waals surface area contributed by atoms with Gasteiger partial charge in [-0.15, -0.1) is 0 Å². The number of alkyl halides is 1. The molecule has 0 spiro atoms. The van der Waals surface area contributed by atoms with Crippen molar-refractivity contribution in [3.8, 4) is 0 Å². The van der Waals surface area contributed by atoms with Gasteiger partial charge in [0.1, 0.15) is 5.82 Å². The average Bonchev–Trinajstić information content (AvgIpc) is 2.38. The summed E-state index contributed by atoms with van der Waals surface area (Å²) >= 11 is 3.62. The van der Waals surface area contributed by atoms with Crippen molar-refractivity contribution in [2.24, 2.45) is 0 Å². The van der Waals surface area contributed by atoms with Crippen molar-refractivity contribution in [3.63, 3.8) is 0 Å². The molecule has 0 saturated carbocycles. The first-order valence-corrected chi connectivity index (χ1v) is 6.99. The normalized spacial score (nSPS) is 12.7. The number of benzene rings is 2. The highest BCUT2D eigenvalue weighted by atomic mass is 79.9. The van der Waals surface area contributed by atoms with E-state index in [0.717, 1.165) is 11.1 Å². The molecule has 0 aliphatic heterocycles. The Labute approximate surface area is 116 Å². The molecule has 18 heavy (non-hydrogen) atoms. The molecule has 0 aliphatic carbocycles. The van der Waals surface area contributed by atoms with Gasteiger partial charge in [0.05, 0.1) is 4.83 Å². The molecule has 1 unspecified atom stereocenters. The number of hydrogen-bond donors (Lipinski definition) is 0. The molecule has 0 amide bonds. The fraction of sp³-hybridized carbons (Fsp3) is 0.250. The molecule has 0 radical (unpaired) electrons. The molecule has 0 N–H and O–H groups in total. The minimum absolute atomic E-state index is 0.0365. The number of halogens is 2. The van der Waals surface area contributed by atoms with Gasteiger partial charge in [0.25, 0.3) is 0 Å². The van der Waals surface area contributed by atoms with Crippen LogP contribution < -0.4 is 0 Å². The van der Waals surface area contributed by atoms with E-state index in [9.17, 15) is 4.39 Å². The number of rotatable bonds is 3. The van der Waals surface area contributed by atoms with Crippen molar-refractivity contribution in [2.45, 2.75) is 24.6 Å². The van der Waals surface area contributed by atoms with E-state index < -0.39 is 0 Å². The van der Waals surface area contributed by atoms with Crippen LogP contribution in [0.25, 0.3) is 0 Å².